The number of Topliss-reactive ketones (excluding diaryl/α,β-unsaturated/α-hetero) is 1. The lowest BCUT2D eigenvalue weighted by molar-refractivity contribution is -0.118. The van der Waals surface area contributed by atoms with Gasteiger partial charge in [-0.1, -0.05) is 102 Å². The number of ketones is 1. The van der Waals surface area contributed by atoms with Crippen LogP contribution in [0.2, 0.25) is 23.2 Å². The molecule has 0 heterocycles. The van der Waals surface area contributed by atoms with Crippen LogP contribution in [0.3, 0.4) is 0 Å². The Morgan fingerprint density at radius 2 is 1.30 bits per heavy atom. The summed E-state index contributed by atoms with van der Waals surface area (Å²) < 4.78 is 13.8. The van der Waals surface area contributed by atoms with E-state index in [4.69, 9.17) is 8.85 Å². The molecule has 0 unspecified atom stereocenters. The molecule has 0 spiro atoms. The molecule has 0 aliphatic heterocycles. The molecule has 0 radical (unpaired) electrons. The van der Waals surface area contributed by atoms with Crippen LogP contribution in [0.25, 0.3) is 0 Å². The van der Waals surface area contributed by atoms with E-state index in [0.29, 0.717) is 13.0 Å². The van der Waals surface area contributed by atoms with Crippen LogP contribution in [-0.4, -0.2) is 35.1 Å². The summed E-state index contributed by atoms with van der Waals surface area (Å²) in [6, 6.07) is 24.7. The summed E-state index contributed by atoms with van der Waals surface area (Å²) in [4.78, 5) is 12.1. The summed E-state index contributed by atoms with van der Waals surface area (Å²) in [5, 5.41) is 2.51. The van der Waals surface area contributed by atoms with Gasteiger partial charge >= 0.3 is 0 Å². The summed E-state index contributed by atoms with van der Waals surface area (Å²) >= 11 is 0. The van der Waals surface area contributed by atoms with Crippen LogP contribution in [0.15, 0.2) is 60.7 Å². The second kappa shape index (κ2) is 12.2. The Labute approximate surface area is 204 Å². The van der Waals surface area contributed by atoms with Gasteiger partial charge in [-0.25, -0.2) is 0 Å². The molecule has 0 saturated carbocycles. The zero-order valence-corrected chi connectivity index (χ0v) is 23.8. The van der Waals surface area contributed by atoms with Crippen molar-refractivity contribution in [3.05, 3.63) is 60.7 Å². The van der Waals surface area contributed by atoms with Crippen molar-refractivity contribution in [1.29, 1.82) is 0 Å². The molecule has 0 saturated heterocycles. The van der Waals surface area contributed by atoms with E-state index in [0.717, 1.165) is 24.6 Å². The van der Waals surface area contributed by atoms with Crippen LogP contribution >= 0.6 is 0 Å². The van der Waals surface area contributed by atoms with Crippen LogP contribution in [0.1, 0.15) is 61.3 Å². The molecule has 1 atom stereocenters. The molecule has 0 aliphatic rings. The molecule has 3 nitrogen and oxygen atoms in total. The summed E-state index contributed by atoms with van der Waals surface area (Å²) in [5.41, 5.74) is 0. The Morgan fingerprint density at radius 3 is 1.67 bits per heavy atom. The van der Waals surface area contributed by atoms with Crippen molar-refractivity contribution in [2.75, 3.05) is 6.61 Å². The van der Waals surface area contributed by atoms with Crippen LogP contribution in [0.4, 0.5) is 0 Å². The Balaban J connectivity index is 2.37. The average Bonchev–Trinajstić information content (AvgIpc) is 2.80. The number of carbonyl (C=O) groups excluding carboxylic acids is 1. The first kappa shape index (κ1) is 27.7. The van der Waals surface area contributed by atoms with E-state index in [1.165, 1.54) is 10.4 Å². The standard InChI is InChI=1S/C28H44O3Si2/c1-8-32(9-2,10-3)31-25(23-24(4)29)21-22-30-33(28(5,6)7,26-17-13-11-14-18-26)27-19-15-12-16-20-27/h11-20,25H,8-10,21-23H2,1-7H3/t25-/m1/s1. The van der Waals surface area contributed by atoms with Crippen molar-refractivity contribution in [1.82, 2.24) is 0 Å². The third-order valence-electron chi connectivity index (χ3n) is 7.04. The Bertz CT molecular complexity index is 795. The third kappa shape index (κ3) is 6.75. The first-order chi connectivity index (χ1) is 15.6. The summed E-state index contributed by atoms with van der Waals surface area (Å²) in [5.74, 6) is 0.191. The zero-order chi connectivity index (χ0) is 24.5. The summed E-state index contributed by atoms with van der Waals surface area (Å²) in [6.07, 6.45) is 1.16. The van der Waals surface area contributed by atoms with Crippen molar-refractivity contribution in [2.24, 2.45) is 0 Å². The SMILES string of the molecule is CC[Si](CC)(CC)O[C@H](CCO[Si](c1ccccc1)(c1ccccc1)C(C)(C)C)CC(C)=O. The number of rotatable bonds is 13. The van der Waals surface area contributed by atoms with Crippen molar-refractivity contribution < 1.29 is 13.6 Å². The molecule has 2 rings (SSSR count). The average molecular weight is 485 g/mol. The van der Waals surface area contributed by atoms with Crippen molar-refractivity contribution >= 4 is 32.8 Å². The minimum Gasteiger partial charge on any atom is -0.413 e. The quantitative estimate of drug-likeness (QED) is 0.312. The molecule has 0 fully saturated rings. The van der Waals surface area contributed by atoms with Gasteiger partial charge in [0.25, 0.3) is 8.32 Å². The highest BCUT2D eigenvalue weighted by atomic mass is 28.4. The smallest absolute Gasteiger partial charge is 0.261 e. The maximum atomic E-state index is 12.1. The van der Waals surface area contributed by atoms with Crippen LogP contribution in [0, 0.1) is 0 Å². The first-order valence-corrected chi connectivity index (χ1v) is 17.0. The van der Waals surface area contributed by atoms with Gasteiger partial charge in [0.05, 0.1) is 6.10 Å². The normalized spacial score (nSPS) is 13.7. The minimum absolute atomic E-state index is 0.0542. The van der Waals surface area contributed by atoms with Gasteiger partial charge in [-0.3, -0.25) is 4.79 Å². The van der Waals surface area contributed by atoms with Gasteiger partial charge in [0.15, 0.2) is 8.32 Å². The molecular weight excluding hydrogens is 440 g/mol. The molecule has 2 aromatic rings. The Hall–Kier alpha value is -1.54. The van der Waals surface area contributed by atoms with E-state index in [-0.39, 0.29) is 16.9 Å². The lowest BCUT2D eigenvalue weighted by Gasteiger charge is -2.43. The predicted octanol–water partition coefficient (Wildman–Crippen LogP) is 6.32. The fraction of sp³-hybridized carbons (Fsp3) is 0.536. The summed E-state index contributed by atoms with van der Waals surface area (Å²) in [6.45, 7) is 15.9. The molecule has 182 valence electrons. The first-order valence-electron chi connectivity index (χ1n) is 12.6. The van der Waals surface area contributed by atoms with E-state index < -0.39 is 16.6 Å². The molecule has 0 aromatic heterocycles. The fourth-order valence-corrected chi connectivity index (χ4v) is 12.5. The van der Waals surface area contributed by atoms with Crippen molar-refractivity contribution in [2.45, 2.75) is 90.6 Å². The van der Waals surface area contributed by atoms with E-state index in [9.17, 15) is 4.79 Å². The molecular formula is C28H44O3Si2. The van der Waals surface area contributed by atoms with E-state index in [1.54, 1.807) is 6.92 Å². The molecule has 2 aromatic carbocycles. The van der Waals surface area contributed by atoms with Crippen LogP contribution in [-0.2, 0) is 13.6 Å². The lowest BCUT2D eigenvalue weighted by atomic mass is 10.1. The fourth-order valence-electron chi connectivity index (χ4n) is 4.98. The Morgan fingerprint density at radius 1 is 0.848 bits per heavy atom. The van der Waals surface area contributed by atoms with Gasteiger partial charge < -0.3 is 8.85 Å². The monoisotopic (exact) mass is 484 g/mol. The highest BCUT2D eigenvalue weighted by Gasteiger charge is 2.50. The third-order valence-corrected chi connectivity index (χ3v) is 16.8. The van der Waals surface area contributed by atoms with Gasteiger partial charge in [-0.05, 0) is 46.9 Å². The number of carbonyl (C=O) groups is 1. The van der Waals surface area contributed by atoms with Crippen LogP contribution < -0.4 is 10.4 Å². The molecule has 33 heavy (non-hydrogen) atoms. The van der Waals surface area contributed by atoms with Gasteiger partial charge in [0.2, 0.25) is 0 Å². The highest BCUT2D eigenvalue weighted by Crippen LogP contribution is 2.37. The van der Waals surface area contributed by atoms with Crippen molar-refractivity contribution in [3.8, 4) is 0 Å². The largest absolute Gasteiger partial charge is 0.413 e. The second-order valence-corrected chi connectivity index (χ2v) is 19.2. The van der Waals surface area contributed by atoms with Gasteiger partial charge in [0.1, 0.15) is 5.78 Å². The molecule has 0 bridgehead atoms. The summed E-state index contributed by atoms with van der Waals surface area (Å²) in [7, 11) is -4.37. The Kier molecular flexibility index (Phi) is 10.3. The van der Waals surface area contributed by atoms with E-state index >= 15 is 0 Å². The van der Waals surface area contributed by atoms with Crippen LogP contribution in [0.5, 0.6) is 0 Å². The maximum Gasteiger partial charge on any atom is 0.261 e. The number of hydrogen-bond donors (Lipinski definition) is 0. The minimum atomic E-state index is -2.57. The second-order valence-electron chi connectivity index (χ2n) is 10.2. The zero-order valence-electron chi connectivity index (χ0n) is 21.8. The predicted molar refractivity (Wildman–Crippen MR) is 146 cm³/mol. The molecule has 0 aliphatic carbocycles. The highest BCUT2D eigenvalue weighted by molar-refractivity contribution is 6.99. The van der Waals surface area contributed by atoms with Gasteiger partial charge in [-0.2, -0.15) is 0 Å². The van der Waals surface area contributed by atoms with Gasteiger partial charge in [-0.15, -0.1) is 0 Å². The lowest BCUT2D eigenvalue weighted by Crippen LogP contribution is -2.66. The molecule has 5 heteroatoms. The van der Waals surface area contributed by atoms with Gasteiger partial charge in [0, 0.05) is 13.0 Å². The number of hydrogen-bond acceptors (Lipinski definition) is 3. The van der Waals surface area contributed by atoms with E-state index in [2.05, 4.69) is 102 Å². The number of benzene rings is 2. The topological polar surface area (TPSA) is 35.5 Å². The van der Waals surface area contributed by atoms with E-state index in [1.807, 2.05) is 0 Å². The maximum absolute atomic E-state index is 12.1. The molecule has 0 amide bonds. The molecule has 0 N–H and O–H groups in total. The van der Waals surface area contributed by atoms with Crippen molar-refractivity contribution in [3.63, 3.8) is 0 Å².